The van der Waals surface area contributed by atoms with Crippen LogP contribution in [0.1, 0.15) is 33.1 Å². The summed E-state index contributed by atoms with van der Waals surface area (Å²) in [5.41, 5.74) is 6.31. The van der Waals surface area contributed by atoms with Crippen LogP contribution in [0.15, 0.2) is 0 Å². The van der Waals surface area contributed by atoms with E-state index in [0.717, 1.165) is 0 Å². The summed E-state index contributed by atoms with van der Waals surface area (Å²) in [5.74, 6) is 0. The molecule has 0 aromatic rings. The lowest BCUT2D eigenvalue weighted by atomic mass is 9.96. The van der Waals surface area contributed by atoms with Crippen molar-refractivity contribution in [1.29, 1.82) is 0 Å². The van der Waals surface area contributed by atoms with E-state index >= 15 is 0 Å². The normalized spacial score (nSPS) is 27.4. The molecule has 0 bridgehead atoms. The second kappa shape index (κ2) is 1.73. The van der Waals surface area contributed by atoms with Gasteiger partial charge in [0.1, 0.15) is 0 Å². The first-order valence-electron chi connectivity index (χ1n) is 3.47. The van der Waals surface area contributed by atoms with Gasteiger partial charge in [0.2, 0.25) is 0 Å². The van der Waals surface area contributed by atoms with Crippen LogP contribution in [0.2, 0.25) is 0 Å². The fourth-order valence-electron chi connectivity index (χ4n) is 1.29. The van der Waals surface area contributed by atoms with Crippen molar-refractivity contribution < 1.29 is 0 Å². The minimum Gasteiger partial charge on any atom is -0.327 e. The summed E-state index contributed by atoms with van der Waals surface area (Å²) in [5, 5.41) is 0. The topological polar surface area (TPSA) is 26.0 Å². The molecule has 0 amide bonds. The highest BCUT2D eigenvalue weighted by Crippen LogP contribution is 2.50. The molecule has 1 saturated carbocycles. The van der Waals surface area contributed by atoms with Gasteiger partial charge in [-0.3, -0.25) is 0 Å². The van der Waals surface area contributed by atoms with Crippen molar-refractivity contribution in [2.75, 3.05) is 0 Å². The van der Waals surface area contributed by atoms with Gasteiger partial charge in [-0.25, -0.2) is 0 Å². The zero-order valence-corrected chi connectivity index (χ0v) is 5.78. The average molecular weight is 113 g/mol. The number of rotatable bonds is 2. The second-order valence-corrected chi connectivity index (χ2v) is 3.00. The monoisotopic (exact) mass is 113 g/mol. The van der Waals surface area contributed by atoms with Crippen LogP contribution in [0.4, 0.5) is 0 Å². The van der Waals surface area contributed by atoms with Crippen molar-refractivity contribution in [1.82, 2.24) is 0 Å². The predicted molar refractivity (Wildman–Crippen MR) is 35.6 cm³/mol. The van der Waals surface area contributed by atoms with E-state index in [4.69, 9.17) is 5.73 Å². The van der Waals surface area contributed by atoms with Crippen molar-refractivity contribution in [3.8, 4) is 0 Å². The van der Waals surface area contributed by atoms with E-state index in [1.807, 2.05) is 0 Å². The molecule has 2 N–H and O–H groups in total. The Balaban J connectivity index is 2.41. The van der Waals surface area contributed by atoms with Crippen LogP contribution < -0.4 is 5.73 Å². The summed E-state index contributed by atoms with van der Waals surface area (Å²) in [6.07, 6.45) is 3.99. The molecule has 0 radical (unpaired) electrons. The lowest BCUT2D eigenvalue weighted by molar-refractivity contribution is 0.407. The SMILES string of the molecule is CCC1([C@@H](C)N)CC1. The highest BCUT2D eigenvalue weighted by Gasteiger charge is 2.43. The molecule has 0 saturated heterocycles. The van der Waals surface area contributed by atoms with Crippen LogP contribution in [0.3, 0.4) is 0 Å². The Morgan fingerprint density at radius 3 is 2.12 bits per heavy atom. The van der Waals surface area contributed by atoms with Crippen LogP contribution in [0, 0.1) is 5.41 Å². The molecule has 1 nitrogen and oxygen atoms in total. The van der Waals surface area contributed by atoms with E-state index in [1.165, 1.54) is 19.3 Å². The Kier molecular flexibility index (Phi) is 1.31. The minimum absolute atomic E-state index is 0.424. The molecule has 48 valence electrons. The van der Waals surface area contributed by atoms with Gasteiger partial charge in [0.15, 0.2) is 0 Å². The summed E-state index contributed by atoms with van der Waals surface area (Å²) in [6, 6.07) is 0.424. The van der Waals surface area contributed by atoms with E-state index < -0.39 is 0 Å². The zero-order chi connectivity index (χ0) is 6.20. The molecule has 1 aliphatic rings. The van der Waals surface area contributed by atoms with E-state index in [0.29, 0.717) is 11.5 Å². The van der Waals surface area contributed by atoms with Crippen molar-refractivity contribution in [2.24, 2.45) is 11.1 Å². The molecule has 0 spiro atoms. The maximum absolute atomic E-state index is 5.74. The standard InChI is InChI=1S/C7H15N/c1-3-7(4-5-7)6(2)8/h6H,3-5,8H2,1-2H3/t6-/m1/s1. The van der Waals surface area contributed by atoms with Gasteiger partial charge >= 0.3 is 0 Å². The second-order valence-electron chi connectivity index (χ2n) is 3.00. The molecule has 1 aliphatic carbocycles. The molecule has 1 rings (SSSR count). The largest absolute Gasteiger partial charge is 0.327 e. The fourth-order valence-corrected chi connectivity index (χ4v) is 1.29. The predicted octanol–water partition coefficient (Wildman–Crippen LogP) is 1.52. The molecule has 8 heavy (non-hydrogen) atoms. The van der Waals surface area contributed by atoms with Gasteiger partial charge in [-0.1, -0.05) is 6.92 Å². The van der Waals surface area contributed by atoms with Crippen LogP contribution in [0.5, 0.6) is 0 Å². The summed E-state index contributed by atoms with van der Waals surface area (Å²) < 4.78 is 0. The smallest absolute Gasteiger partial charge is 0.00669 e. The van der Waals surface area contributed by atoms with Gasteiger partial charge in [0, 0.05) is 6.04 Å². The molecule has 1 fully saturated rings. The highest BCUT2D eigenvalue weighted by atomic mass is 14.7. The number of hydrogen-bond donors (Lipinski definition) is 1. The molecule has 0 unspecified atom stereocenters. The van der Waals surface area contributed by atoms with Crippen molar-refractivity contribution in [3.05, 3.63) is 0 Å². The van der Waals surface area contributed by atoms with E-state index in [9.17, 15) is 0 Å². The minimum atomic E-state index is 0.424. The zero-order valence-electron chi connectivity index (χ0n) is 5.78. The fraction of sp³-hybridized carbons (Fsp3) is 1.00. The summed E-state index contributed by atoms with van der Waals surface area (Å²) >= 11 is 0. The summed E-state index contributed by atoms with van der Waals surface area (Å²) in [7, 11) is 0. The molecule has 0 heterocycles. The number of nitrogens with two attached hydrogens (primary N) is 1. The van der Waals surface area contributed by atoms with Gasteiger partial charge in [-0.2, -0.15) is 0 Å². The van der Waals surface area contributed by atoms with E-state index in [2.05, 4.69) is 13.8 Å². The Hall–Kier alpha value is -0.0400. The average Bonchev–Trinajstić information content (AvgIpc) is 2.44. The lowest BCUT2D eigenvalue weighted by Crippen LogP contribution is -2.27. The maximum Gasteiger partial charge on any atom is 0.00669 e. The first-order valence-corrected chi connectivity index (χ1v) is 3.47. The van der Waals surface area contributed by atoms with E-state index in [1.54, 1.807) is 0 Å². The Morgan fingerprint density at radius 1 is 1.62 bits per heavy atom. The first-order chi connectivity index (χ1) is 3.71. The van der Waals surface area contributed by atoms with Gasteiger partial charge < -0.3 is 5.73 Å². The third kappa shape index (κ3) is 0.752. The Labute approximate surface area is 51.3 Å². The van der Waals surface area contributed by atoms with Gasteiger partial charge in [0.25, 0.3) is 0 Å². The number of hydrogen-bond acceptors (Lipinski definition) is 1. The Bertz CT molecular complexity index is 82.4. The van der Waals surface area contributed by atoms with Crippen molar-refractivity contribution in [2.45, 2.75) is 39.2 Å². The molecule has 0 aliphatic heterocycles. The van der Waals surface area contributed by atoms with Crippen molar-refractivity contribution in [3.63, 3.8) is 0 Å². The lowest BCUT2D eigenvalue weighted by Gasteiger charge is -2.15. The van der Waals surface area contributed by atoms with Crippen LogP contribution in [-0.4, -0.2) is 6.04 Å². The summed E-state index contributed by atoms with van der Waals surface area (Å²) in [4.78, 5) is 0. The van der Waals surface area contributed by atoms with Gasteiger partial charge in [-0.15, -0.1) is 0 Å². The quantitative estimate of drug-likeness (QED) is 0.577. The molecular formula is C7H15N. The van der Waals surface area contributed by atoms with Gasteiger partial charge in [-0.05, 0) is 31.6 Å². The van der Waals surface area contributed by atoms with Crippen LogP contribution in [0.25, 0.3) is 0 Å². The van der Waals surface area contributed by atoms with Crippen LogP contribution >= 0.6 is 0 Å². The molecular weight excluding hydrogens is 98.1 g/mol. The van der Waals surface area contributed by atoms with E-state index in [-0.39, 0.29) is 0 Å². The molecule has 0 aromatic heterocycles. The summed E-state index contributed by atoms with van der Waals surface area (Å²) in [6.45, 7) is 4.35. The van der Waals surface area contributed by atoms with Crippen LogP contribution in [-0.2, 0) is 0 Å². The molecule has 0 aromatic carbocycles. The van der Waals surface area contributed by atoms with Crippen molar-refractivity contribution >= 4 is 0 Å². The molecule has 1 heteroatoms. The maximum atomic E-state index is 5.74. The third-order valence-corrected chi connectivity index (χ3v) is 2.56. The highest BCUT2D eigenvalue weighted by molar-refractivity contribution is 4.97. The third-order valence-electron chi connectivity index (χ3n) is 2.56. The first kappa shape index (κ1) is 6.09. The van der Waals surface area contributed by atoms with Gasteiger partial charge in [0.05, 0.1) is 0 Å². The molecule has 1 atom stereocenters. The Morgan fingerprint density at radius 2 is 2.12 bits per heavy atom.